The first-order valence-electron chi connectivity index (χ1n) is 8.40. The molecule has 0 radical (unpaired) electrons. The van der Waals surface area contributed by atoms with Gasteiger partial charge in [-0.2, -0.15) is 0 Å². The molecule has 0 aliphatic carbocycles. The van der Waals surface area contributed by atoms with Crippen molar-refractivity contribution >= 4 is 17.5 Å². The first kappa shape index (κ1) is 19.8. The van der Waals surface area contributed by atoms with Gasteiger partial charge in [0.1, 0.15) is 16.9 Å². The van der Waals surface area contributed by atoms with E-state index < -0.39 is 0 Å². The molecular weight excluding hydrogens is 348 g/mol. The van der Waals surface area contributed by atoms with Crippen LogP contribution >= 0.6 is 11.6 Å². The fraction of sp³-hybridized carbons (Fsp3) is 0.647. The van der Waals surface area contributed by atoms with Crippen LogP contribution in [-0.4, -0.2) is 49.1 Å². The third-order valence-corrected chi connectivity index (χ3v) is 3.63. The van der Waals surface area contributed by atoms with Gasteiger partial charge in [0.25, 0.3) is 0 Å². The molecule has 1 N–H and O–H groups in total. The number of nitrogens with one attached hydrogen (secondary N) is 1. The van der Waals surface area contributed by atoms with E-state index in [1.807, 2.05) is 13.8 Å². The lowest BCUT2D eigenvalue weighted by Gasteiger charge is -2.29. The lowest BCUT2D eigenvalue weighted by molar-refractivity contribution is -0.213. The normalized spacial score (nSPS) is 20.4. The van der Waals surface area contributed by atoms with Crippen LogP contribution in [0.15, 0.2) is 12.3 Å². The maximum absolute atomic E-state index is 10.8. The smallest absolute Gasteiger partial charge is 0.233 e. The lowest BCUT2D eigenvalue weighted by Crippen LogP contribution is -2.39. The van der Waals surface area contributed by atoms with Gasteiger partial charge in [-0.15, -0.1) is 0 Å². The largest absolute Gasteiger partial charge is 0.489 e. The molecule has 7 nitrogen and oxygen atoms in total. The number of hydrogen-bond donors (Lipinski definition) is 1. The van der Waals surface area contributed by atoms with Crippen LogP contribution in [0.1, 0.15) is 33.6 Å². The van der Waals surface area contributed by atoms with Gasteiger partial charge in [-0.05, 0) is 20.3 Å². The molecule has 1 aromatic heterocycles. The van der Waals surface area contributed by atoms with Gasteiger partial charge < -0.3 is 24.3 Å². The summed E-state index contributed by atoms with van der Waals surface area (Å²) in [6.45, 7) is 6.77. The van der Waals surface area contributed by atoms with Crippen molar-refractivity contribution in [2.45, 2.75) is 52.1 Å². The molecule has 0 unspecified atom stereocenters. The number of halogens is 1. The van der Waals surface area contributed by atoms with Crippen LogP contribution in [0.5, 0.6) is 11.6 Å². The molecule has 1 fully saturated rings. The third-order valence-electron chi connectivity index (χ3n) is 3.36. The number of carbonyl (C=O) groups excluding carboxylic acids is 1. The maximum atomic E-state index is 10.8. The second-order valence-corrected chi connectivity index (χ2v) is 6.49. The molecule has 1 amide bonds. The van der Waals surface area contributed by atoms with Crippen molar-refractivity contribution in [3.05, 3.63) is 17.3 Å². The SMILES string of the molecule is CC(=O)NCCC[C@H]1OC[C@H](Oc2ncc(OC(C)C)cc2Cl)CO1. The van der Waals surface area contributed by atoms with Crippen molar-refractivity contribution in [1.29, 1.82) is 0 Å². The van der Waals surface area contributed by atoms with Crippen LogP contribution in [0.25, 0.3) is 0 Å². The second kappa shape index (κ2) is 9.79. The molecule has 1 saturated heterocycles. The summed E-state index contributed by atoms with van der Waals surface area (Å²) in [5.74, 6) is 0.898. The maximum Gasteiger partial charge on any atom is 0.233 e. The van der Waals surface area contributed by atoms with Crippen LogP contribution in [0.4, 0.5) is 0 Å². The van der Waals surface area contributed by atoms with E-state index in [0.717, 1.165) is 6.42 Å². The standard InChI is InChI=1S/C17H25ClN2O5/c1-11(2)24-13-7-15(18)17(20-8-13)25-14-9-22-16(23-10-14)5-4-6-19-12(3)21/h7-8,11,14,16H,4-6,9-10H2,1-3H3,(H,19,21)/t14-,16-. The van der Waals surface area contributed by atoms with Crippen LogP contribution < -0.4 is 14.8 Å². The number of rotatable bonds is 8. The number of amides is 1. The van der Waals surface area contributed by atoms with E-state index in [4.69, 9.17) is 30.5 Å². The van der Waals surface area contributed by atoms with Crippen molar-refractivity contribution < 1.29 is 23.7 Å². The minimum absolute atomic E-state index is 0.0341. The zero-order valence-corrected chi connectivity index (χ0v) is 15.5. The van der Waals surface area contributed by atoms with Gasteiger partial charge in [-0.3, -0.25) is 4.79 Å². The average Bonchev–Trinajstić information content (AvgIpc) is 2.55. The fourth-order valence-electron chi connectivity index (χ4n) is 2.28. The van der Waals surface area contributed by atoms with E-state index in [1.54, 1.807) is 12.3 Å². The second-order valence-electron chi connectivity index (χ2n) is 6.09. The van der Waals surface area contributed by atoms with Gasteiger partial charge in [-0.1, -0.05) is 11.6 Å². The summed E-state index contributed by atoms with van der Waals surface area (Å²) < 4.78 is 22.5. The van der Waals surface area contributed by atoms with Gasteiger partial charge in [0.2, 0.25) is 11.8 Å². The lowest BCUT2D eigenvalue weighted by atomic mass is 10.2. The molecule has 0 aromatic carbocycles. The minimum Gasteiger partial charge on any atom is -0.489 e. The zero-order valence-electron chi connectivity index (χ0n) is 14.8. The van der Waals surface area contributed by atoms with Gasteiger partial charge in [-0.25, -0.2) is 4.98 Å². The molecule has 0 saturated carbocycles. The summed E-state index contributed by atoms with van der Waals surface area (Å²) in [5.41, 5.74) is 0. The van der Waals surface area contributed by atoms with Gasteiger partial charge >= 0.3 is 0 Å². The molecule has 1 aromatic rings. The van der Waals surface area contributed by atoms with Crippen molar-refractivity contribution in [3.63, 3.8) is 0 Å². The molecule has 25 heavy (non-hydrogen) atoms. The van der Waals surface area contributed by atoms with Crippen LogP contribution in [0, 0.1) is 0 Å². The van der Waals surface area contributed by atoms with Crippen molar-refractivity contribution in [2.24, 2.45) is 0 Å². The Labute approximate surface area is 152 Å². The fourth-order valence-corrected chi connectivity index (χ4v) is 2.48. The van der Waals surface area contributed by atoms with E-state index in [0.29, 0.717) is 42.8 Å². The highest BCUT2D eigenvalue weighted by Crippen LogP contribution is 2.28. The Morgan fingerprint density at radius 1 is 1.44 bits per heavy atom. The summed E-state index contributed by atoms with van der Waals surface area (Å²) in [7, 11) is 0. The Morgan fingerprint density at radius 2 is 2.16 bits per heavy atom. The first-order valence-corrected chi connectivity index (χ1v) is 8.78. The van der Waals surface area contributed by atoms with Crippen molar-refractivity contribution in [2.75, 3.05) is 19.8 Å². The molecule has 2 heterocycles. The highest BCUT2D eigenvalue weighted by molar-refractivity contribution is 6.31. The number of carbonyl (C=O) groups is 1. The van der Waals surface area contributed by atoms with Crippen LogP contribution in [-0.2, 0) is 14.3 Å². The summed E-state index contributed by atoms with van der Waals surface area (Å²) in [5, 5.41) is 3.13. The Kier molecular flexibility index (Phi) is 7.74. The zero-order chi connectivity index (χ0) is 18.2. The predicted molar refractivity (Wildman–Crippen MR) is 93.0 cm³/mol. The van der Waals surface area contributed by atoms with Gasteiger partial charge in [0.05, 0.1) is 25.5 Å². The monoisotopic (exact) mass is 372 g/mol. The van der Waals surface area contributed by atoms with Crippen LogP contribution in [0.3, 0.4) is 0 Å². The first-order chi connectivity index (χ1) is 11.9. The van der Waals surface area contributed by atoms with E-state index in [9.17, 15) is 4.79 Å². The van der Waals surface area contributed by atoms with Gasteiger partial charge in [0, 0.05) is 26.0 Å². The van der Waals surface area contributed by atoms with Crippen molar-refractivity contribution in [1.82, 2.24) is 10.3 Å². The number of pyridine rings is 1. The van der Waals surface area contributed by atoms with E-state index in [1.165, 1.54) is 6.92 Å². The molecule has 1 aliphatic heterocycles. The molecule has 140 valence electrons. The summed E-state index contributed by atoms with van der Waals surface area (Å²) in [4.78, 5) is 15.0. The third kappa shape index (κ3) is 7.05. The Morgan fingerprint density at radius 3 is 2.76 bits per heavy atom. The number of aromatic nitrogens is 1. The number of hydrogen-bond acceptors (Lipinski definition) is 6. The Balaban J connectivity index is 1.73. The Bertz CT molecular complexity index is 562. The minimum atomic E-state index is -0.279. The van der Waals surface area contributed by atoms with Crippen molar-refractivity contribution in [3.8, 4) is 11.6 Å². The predicted octanol–water partition coefficient (Wildman–Crippen LogP) is 2.56. The number of ether oxygens (including phenoxy) is 4. The average molecular weight is 373 g/mol. The van der Waals surface area contributed by atoms with Gasteiger partial charge in [0.15, 0.2) is 6.29 Å². The Hall–Kier alpha value is -1.57. The topological polar surface area (TPSA) is 78.9 Å². The van der Waals surface area contributed by atoms with Crippen LogP contribution in [0.2, 0.25) is 5.02 Å². The molecular formula is C17H25ClN2O5. The molecule has 0 spiro atoms. The van der Waals surface area contributed by atoms with E-state index in [-0.39, 0.29) is 24.4 Å². The highest BCUT2D eigenvalue weighted by Gasteiger charge is 2.24. The summed E-state index contributed by atoms with van der Waals surface area (Å²) in [6.07, 6.45) is 2.59. The number of nitrogens with zero attached hydrogens (tertiary/aromatic N) is 1. The molecule has 2 rings (SSSR count). The molecule has 8 heteroatoms. The molecule has 0 bridgehead atoms. The summed E-state index contributed by atoms with van der Waals surface area (Å²) in [6, 6.07) is 1.68. The summed E-state index contributed by atoms with van der Waals surface area (Å²) >= 11 is 6.19. The highest BCUT2D eigenvalue weighted by atomic mass is 35.5. The van der Waals surface area contributed by atoms with E-state index >= 15 is 0 Å². The molecule has 1 aliphatic rings. The molecule has 0 atom stereocenters. The van der Waals surface area contributed by atoms with E-state index in [2.05, 4.69) is 10.3 Å². The quantitative estimate of drug-likeness (QED) is 0.706.